The molecule has 3 heteroatoms. The Labute approximate surface area is 98.0 Å². The maximum Gasteiger partial charge on any atom is 0.119 e. The molecule has 0 atom stereocenters. The molecule has 1 rings (SSSR count). The van der Waals surface area contributed by atoms with E-state index in [-0.39, 0.29) is 0 Å². The Morgan fingerprint density at radius 1 is 1.06 bits per heavy atom. The summed E-state index contributed by atoms with van der Waals surface area (Å²) in [6.07, 6.45) is 0. The maximum atomic E-state index is 5.63. The van der Waals surface area contributed by atoms with Gasteiger partial charge in [0.25, 0.3) is 0 Å². The zero-order chi connectivity index (χ0) is 11.8. The third-order valence-electron chi connectivity index (χ3n) is 2.44. The molecule has 0 bridgehead atoms. The van der Waals surface area contributed by atoms with Gasteiger partial charge >= 0.3 is 0 Å². The van der Waals surface area contributed by atoms with Crippen LogP contribution in [0.3, 0.4) is 0 Å². The first-order chi connectivity index (χ1) is 7.72. The van der Waals surface area contributed by atoms with E-state index in [0.29, 0.717) is 6.61 Å². The molecule has 90 valence electrons. The number of hydrogen-bond donors (Lipinski definition) is 0. The normalized spacial score (nSPS) is 10.8. The molecule has 0 heterocycles. The predicted octanol–water partition coefficient (Wildman–Crippen LogP) is 1.95. The highest BCUT2D eigenvalue weighted by Crippen LogP contribution is 2.10. The Morgan fingerprint density at radius 3 is 2.31 bits per heavy atom. The van der Waals surface area contributed by atoms with Gasteiger partial charge in [-0.25, -0.2) is 0 Å². The van der Waals surface area contributed by atoms with Crippen molar-refractivity contribution in [2.24, 2.45) is 0 Å². The van der Waals surface area contributed by atoms with Crippen molar-refractivity contribution >= 4 is 0 Å². The Morgan fingerprint density at radius 2 is 1.69 bits per heavy atom. The van der Waals surface area contributed by atoms with Crippen LogP contribution in [0.2, 0.25) is 0 Å². The molecule has 16 heavy (non-hydrogen) atoms. The molecule has 0 saturated carbocycles. The predicted molar refractivity (Wildman–Crippen MR) is 66.0 cm³/mol. The summed E-state index contributed by atoms with van der Waals surface area (Å²) in [5.41, 5.74) is 1.25. The van der Waals surface area contributed by atoms with Crippen LogP contribution < -0.4 is 4.74 Å². The minimum atomic E-state index is 0.712. The minimum Gasteiger partial charge on any atom is -0.492 e. The standard InChI is InChI=1S/C13H21NO2/c1-12-4-6-13(7-5-12)16-11-9-14(2)8-10-15-3/h4-7H,8-11H2,1-3H3. The monoisotopic (exact) mass is 223 g/mol. The summed E-state index contributed by atoms with van der Waals surface area (Å²) in [6.45, 7) is 5.40. The molecule has 0 aromatic heterocycles. The first kappa shape index (κ1) is 13.0. The first-order valence-corrected chi connectivity index (χ1v) is 5.59. The number of aryl methyl sites for hydroxylation is 1. The number of nitrogens with zero attached hydrogens (tertiary/aromatic N) is 1. The van der Waals surface area contributed by atoms with Crippen LogP contribution in [0.1, 0.15) is 5.56 Å². The summed E-state index contributed by atoms with van der Waals surface area (Å²) in [7, 11) is 3.79. The lowest BCUT2D eigenvalue weighted by molar-refractivity contribution is 0.150. The molecule has 0 N–H and O–H groups in total. The highest BCUT2D eigenvalue weighted by atomic mass is 16.5. The SMILES string of the molecule is COCCN(C)CCOc1ccc(C)cc1. The maximum absolute atomic E-state index is 5.63. The zero-order valence-corrected chi connectivity index (χ0v) is 10.4. The van der Waals surface area contributed by atoms with Gasteiger partial charge in [-0.2, -0.15) is 0 Å². The Kier molecular flexibility index (Phi) is 5.90. The van der Waals surface area contributed by atoms with Gasteiger partial charge in [0.2, 0.25) is 0 Å². The van der Waals surface area contributed by atoms with Gasteiger partial charge in [0.15, 0.2) is 0 Å². The van der Waals surface area contributed by atoms with Gasteiger partial charge < -0.3 is 14.4 Å². The molecule has 0 radical (unpaired) electrons. The Balaban J connectivity index is 2.17. The van der Waals surface area contributed by atoms with Gasteiger partial charge in [0.1, 0.15) is 12.4 Å². The summed E-state index contributed by atoms with van der Waals surface area (Å²) >= 11 is 0. The summed E-state index contributed by atoms with van der Waals surface area (Å²) < 4.78 is 10.6. The second-order valence-corrected chi connectivity index (χ2v) is 3.96. The summed E-state index contributed by atoms with van der Waals surface area (Å²) in [6, 6.07) is 8.13. The fourth-order valence-electron chi connectivity index (χ4n) is 1.31. The number of methoxy groups -OCH3 is 1. The first-order valence-electron chi connectivity index (χ1n) is 5.59. The third-order valence-corrected chi connectivity index (χ3v) is 2.44. The largest absolute Gasteiger partial charge is 0.492 e. The van der Waals surface area contributed by atoms with Crippen LogP contribution in [0.5, 0.6) is 5.75 Å². The number of hydrogen-bond acceptors (Lipinski definition) is 3. The summed E-state index contributed by atoms with van der Waals surface area (Å²) in [4.78, 5) is 2.19. The highest BCUT2D eigenvalue weighted by molar-refractivity contribution is 5.26. The van der Waals surface area contributed by atoms with E-state index in [1.165, 1.54) is 5.56 Å². The van der Waals surface area contributed by atoms with E-state index in [1.807, 2.05) is 12.1 Å². The molecule has 1 aromatic rings. The van der Waals surface area contributed by atoms with E-state index in [0.717, 1.165) is 25.4 Å². The van der Waals surface area contributed by atoms with Crippen LogP contribution in [-0.4, -0.2) is 45.4 Å². The Hall–Kier alpha value is -1.06. The van der Waals surface area contributed by atoms with E-state index in [9.17, 15) is 0 Å². The second kappa shape index (κ2) is 7.25. The van der Waals surface area contributed by atoms with Crippen molar-refractivity contribution < 1.29 is 9.47 Å². The van der Waals surface area contributed by atoms with Crippen molar-refractivity contribution in [3.8, 4) is 5.75 Å². The molecule has 1 aromatic carbocycles. The Bertz CT molecular complexity index is 284. The lowest BCUT2D eigenvalue weighted by Gasteiger charge is -2.16. The fourth-order valence-corrected chi connectivity index (χ4v) is 1.31. The van der Waals surface area contributed by atoms with Gasteiger partial charge in [0, 0.05) is 20.2 Å². The highest BCUT2D eigenvalue weighted by Gasteiger charge is 1.98. The minimum absolute atomic E-state index is 0.712. The van der Waals surface area contributed by atoms with Crippen molar-refractivity contribution in [2.75, 3.05) is 40.5 Å². The van der Waals surface area contributed by atoms with Gasteiger partial charge in [-0.1, -0.05) is 17.7 Å². The zero-order valence-electron chi connectivity index (χ0n) is 10.4. The molecular weight excluding hydrogens is 202 g/mol. The average Bonchev–Trinajstić information content (AvgIpc) is 2.29. The molecule has 3 nitrogen and oxygen atoms in total. The molecular formula is C13H21NO2. The van der Waals surface area contributed by atoms with E-state index in [1.54, 1.807) is 7.11 Å². The van der Waals surface area contributed by atoms with Gasteiger partial charge in [0.05, 0.1) is 6.61 Å². The van der Waals surface area contributed by atoms with Crippen LogP contribution in [-0.2, 0) is 4.74 Å². The topological polar surface area (TPSA) is 21.7 Å². The molecule has 0 aliphatic rings. The quantitative estimate of drug-likeness (QED) is 0.705. The van der Waals surface area contributed by atoms with Crippen LogP contribution in [0, 0.1) is 6.92 Å². The number of likely N-dealkylation sites (N-methyl/N-ethyl adjacent to an activating group) is 1. The van der Waals surface area contributed by atoms with Crippen molar-refractivity contribution in [1.29, 1.82) is 0 Å². The average molecular weight is 223 g/mol. The van der Waals surface area contributed by atoms with Gasteiger partial charge in [-0.05, 0) is 26.1 Å². The van der Waals surface area contributed by atoms with Crippen molar-refractivity contribution in [3.05, 3.63) is 29.8 Å². The molecule has 0 saturated heterocycles. The lowest BCUT2D eigenvalue weighted by Crippen LogP contribution is -2.27. The van der Waals surface area contributed by atoms with Crippen LogP contribution in [0.25, 0.3) is 0 Å². The number of rotatable bonds is 7. The van der Waals surface area contributed by atoms with Crippen LogP contribution in [0.15, 0.2) is 24.3 Å². The van der Waals surface area contributed by atoms with Gasteiger partial charge in [-0.3, -0.25) is 0 Å². The molecule has 0 aliphatic carbocycles. The van der Waals surface area contributed by atoms with Crippen molar-refractivity contribution in [2.45, 2.75) is 6.92 Å². The van der Waals surface area contributed by atoms with Crippen molar-refractivity contribution in [1.82, 2.24) is 4.90 Å². The lowest BCUT2D eigenvalue weighted by atomic mass is 10.2. The number of ether oxygens (including phenoxy) is 2. The van der Waals surface area contributed by atoms with Gasteiger partial charge in [-0.15, -0.1) is 0 Å². The van der Waals surface area contributed by atoms with E-state index in [2.05, 4.69) is 31.0 Å². The number of benzene rings is 1. The van der Waals surface area contributed by atoms with Crippen LogP contribution >= 0.6 is 0 Å². The van der Waals surface area contributed by atoms with E-state index >= 15 is 0 Å². The smallest absolute Gasteiger partial charge is 0.119 e. The molecule has 0 fully saturated rings. The molecule has 0 aliphatic heterocycles. The van der Waals surface area contributed by atoms with E-state index < -0.39 is 0 Å². The summed E-state index contributed by atoms with van der Waals surface area (Å²) in [5.74, 6) is 0.936. The van der Waals surface area contributed by atoms with Crippen molar-refractivity contribution in [3.63, 3.8) is 0 Å². The summed E-state index contributed by atoms with van der Waals surface area (Å²) in [5, 5.41) is 0. The molecule has 0 spiro atoms. The van der Waals surface area contributed by atoms with E-state index in [4.69, 9.17) is 9.47 Å². The molecule has 0 unspecified atom stereocenters. The second-order valence-electron chi connectivity index (χ2n) is 3.96. The van der Waals surface area contributed by atoms with Crippen LogP contribution in [0.4, 0.5) is 0 Å². The molecule has 0 amide bonds. The fraction of sp³-hybridized carbons (Fsp3) is 0.538. The third kappa shape index (κ3) is 5.14.